The summed E-state index contributed by atoms with van der Waals surface area (Å²) in [7, 11) is 0. The molecule has 4 heterocycles. The molecule has 3 aliphatic rings. The molecule has 9 nitrogen and oxygen atoms in total. The number of benzene rings is 1. The molecule has 9 heteroatoms. The van der Waals surface area contributed by atoms with Gasteiger partial charge in [-0.15, -0.1) is 5.10 Å². The van der Waals surface area contributed by atoms with Gasteiger partial charge in [-0.2, -0.15) is 0 Å². The minimum Gasteiger partial charge on any atom is -0.376 e. The smallest absolute Gasteiger partial charge is 0.315 e. The molecule has 2 fully saturated rings. The third-order valence-electron chi connectivity index (χ3n) is 6.66. The van der Waals surface area contributed by atoms with E-state index >= 15 is 0 Å². The third kappa shape index (κ3) is 5.11. The number of hydrogen-bond acceptors (Lipinski definition) is 6. The summed E-state index contributed by atoms with van der Waals surface area (Å²) >= 11 is 0. The number of piperidine rings is 1. The maximum Gasteiger partial charge on any atom is 0.315 e. The van der Waals surface area contributed by atoms with Gasteiger partial charge in [-0.1, -0.05) is 35.5 Å². The van der Waals surface area contributed by atoms with Crippen molar-refractivity contribution in [3.8, 4) is 0 Å². The van der Waals surface area contributed by atoms with Crippen molar-refractivity contribution >= 4 is 6.03 Å². The second kappa shape index (κ2) is 9.97. The maximum absolute atomic E-state index is 12.2. The van der Waals surface area contributed by atoms with E-state index in [-0.39, 0.29) is 24.3 Å². The quantitative estimate of drug-likeness (QED) is 0.714. The highest BCUT2D eigenvalue weighted by molar-refractivity contribution is 5.74. The molecule has 2 saturated heterocycles. The van der Waals surface area contributed by atoms with Crippen molar-refractivity contribution in [2.24, 2.45) is 0 Å². The highest BCUT2D eigenvalue weighted by Gasteiger charge is 2.27. The molecule has 32 heavy (non-hydrogen) atoms. The first-order valence-corrected chi connectivity index (χ1v) is 11.7. The number of carbonyl (C=O) groups is 1. The van der Waals surface area contributed by atoms with Gasteiger partial charge >= 0.3 is 6.03 Å². The topological polar surface area (TPSA) is 93.5 Å². The van der Waals surface area contributed by atoms with E-state index in [4.69, 9.17) is 9.47 Å². The standard InChI is InChI=1S/C23H32N6O3/c30-23(24-13-19-7-4-12-31-19)25-18-8-10-28(11-9-18)14-20-21-16-32-22(15-29(21)27-26-20)17-5-2-1-3-6-17/h1-3,5-6,18-19,22H,4,7-16H2,(H2,24,25,30). The second-order valence-corrected chi connectivity index (χ2v) is 8.92. The zero-order valence-corrected chi connectivity index (χ0v) is 18.4. The van der Waals surface area contributed by atoms with Crippen molar-refractivity contribution in [1.82, 2.24) is 30.5 Å². The Morgan fingerprint density at radius 1 is 1.12 bits per heavy atom. The Balaban J connectivity index is 1.07. The zero-order valence-electron chi connectivity index (χ0n) is 18.4. The summed E-state index contributed by atoms with van der Waals surface area (Å²) in [5.74, 6) is 0. The Hall–Kier alpha value is -2.49. The van der Waals surface area contributed by atoms with Crippen molar-refractivity contribution in [2.75, 3.05) is 26.2 Å². The fourth-order valence-corrected chi connectivity index (χ4v) is 4.75. The maximum atomic E-state index is 12.2. The first-order valence-electron chi connectivity index (χ1n) is 11.7. The third-order valence-corrected chi connectivity index (χ3v) is 6.66. The van der Waals surface area contributed by atoms with E-state index in [0.29, 0.717) is 19.7 Å². The molecule has 2 aromatic rings. The largest absolute Gasteiger partial charge is 0.376 e. The number of hydrogen-bond donors (Lipinski definition) is 2. The Labute approximate surface area is 188 Å². The lowest BCUT2D eigenvalue weighted by atomic mass is 10.0. The lowest BCUT2D eigenvalue weighted by molar-refractivity contribution is -0.00216. The van der Waals surface area contributed by atoms with E-state index in [0.717, 1.165) is 63.3 Å². The molecular weight excluding hydrogens is 408 g/mol. The summed E-state index contributed by atoms with van der Waals surface area (Å²) in [5, 5.41) is 14.9. The van der Waals surface area contributed by atoms with E-state index in [1.807, 2.05) is 22.9 Å². The molecule has 0 bridgehead atoms. The van der Waals surface area contributed by atoms with Crippen LogP contribution in [-0.4, -0.2) is 64.3 Å². The van der Waals surface area contributed by atoms with Crippen LogP contribution in [0.5, 0.6) is 0 Å². The van der Waals surface area contributed by atoms with Gasteiger partial charge in [0.15, 0.2) is 0 Å². The van der Waals surface area contributed by atoms with Crippen LogP contribution in [0, 0.1) is 0 Å². The molecule has 0 aliphatic carbocycles. The molecule has 2 atom stereocenters. The molecule has 5 rings (SSSR count). The van der Waals surface area contributed by atoms with Gasteiger partial charge in [0.2, 0.25) is 0 Å². The first-order chi connectivity index (χ1) is 15.7. The molecular formula is C23H32N6O3. The lowest BCUT2D eigenvalue weighted by Crippen LogP contribution is -2.48. The molecule has 2 N–H and O–H groups in total. The van der Waals surface area contributed by atoms with Gasteiger partial charge in [-0.25, -0.2) is 9.48 Å². The fraction of sp³-hybridized carbons (Fsp3) is 0.609. The van der Waals surface area contributed by atoms with E-state index in [1.165, 1.54) is 5.56 Å². The minimum atomic E-state index is -0.0866. The minimum absolute atomic E-state index is 0.0199. The number of urea groups is 1. The van der Waals surface area contributed by atoms with Crippen molar-refractivity contribution in [2.45, 2.75) is 63.6 Å². The number of likely N-dealkylation sites (tertiary alicyclic amines) is 1. The number of nitrogens with zero attached hydrogens (tertiary/aromatic N) is 4. The van der Waals surface area contributed by atoms with E-state index in [2.05, 4.69) is 38.0 Å². The average molecular weight is 441 g/mol. The number of fused-ring (bicyclic) bond motifs is 1. The van der Waals surface area contributed by atoms with Crippen LogP contribution >= 0.6 is 0 Å². The van der Waals surface area contributed by atoms with Crippen LogP contribution in [-0.2, 0) is 29.2 Å². The lowest BCUT2D eigenvalue weighted by Gasteiger charge is -2.32. The van der Waals surface area contributed by atoms with Gasteiger partial charge in [0.1, 0.15) is 11.8 Å². The molecule has 2 amide bonds. The van der Waals surface area contributed by atoms with Gasteiger partial charge < -0.3 is 20.1 Å². The van der Waals surface area contributed by atoms with Gasteiger partial charge in [0.25, 0.3) is 0 Å². The molecule has 172 valence electrons. The number of aromatic nitrogens is 3. The Kier molecular flexibility index (Phi) is 6.66. The molecule has 0 saturated carbocycles. The van der Waals surface area contributed by atoms with Crippen LogP contribution in [0.4, 0.5) is 4.79 Å². The SMILES string of the molecule is O=C(NCC1CCCO1)NC1CCN(Cc2nnn3c2COC(c2ccccc2)C3)CC1. The summed E-state index contributed by atoms with van der Waals surface area (Å²) in [6.45, 7) is 5.25. The summed E-state index contributed by atoms with van der Waals surface area (Å²) < 4.78 is 13.7. The second-order valence-electron chi connectivity index (χ2n) is 8.92. The molecule has 1 aromatic carbocycles. The molecule has 3 aliphatic heterocycles. The monoisotopic (exact) mass is 440 g/mol. The van der Waals surface area contributed by atoms with Crippen molar-refractivity contribution in [3.63, 3.8) is 0 Å². The first kappa shape index (κ1) is 21.4. The summed E-state index contributed by atoms with van der Waals surface area (Å²) in [6, 6.07) is 10.4. The van der Waals surface area contributed by atoms with Gasteiger partial charge in [0, 0.05) is 38.8 Å². The van der Waals surface area contributed by atoms with Gasteiger partial charge in [-0.05, 0) is 31.2 Å². The van der Waals surface area contributed by atoms with Crippen LogP contribution in [0.25, 0.3) is 0 Å². The van der Waals surface area contributed by atoms with Crippen molar-refractivity contribution < 1.29 is 14.3 Å². The van der Waals surface area contributed by atoms with Crippen LogP contribution in [0.2, 0.25) is 0 Å². The Bertz CT molecular complexity index is 890. The number of ether oxygens (including phenoxy) is 2. The molecule has 0 radical (unpaired) electrons. The number of nitrogens with one attached hydrogen (secondary N) is 2. The molecule has 0 spiro atoms. The molecule has 2 unspecified atom stereocenters. The summed E-state index contributed by atoms with van der Waals surface area (Å²) in [6.07, 6.45) is 4.17. The zero-order chi connectivity index (χ0) is 21.8. The Morgan fingerprint density at radius 2 is 1.97 bits per heavy atom. The van der Waals surface area contributed by atoms with Gasteiger partial charge in [0.05, 0.1) is 24.9 Å². The van der Waals surface area contributed by atoms with Gasteiger partial charge in [-0.3, -0.25) is 4.90 Å². The Morgan fingerprint density at radius 3 is 2.75 bits per heavy atom. The summed E-state index contributed by atoms with van der Waals surface area (Å²) in [5.41, 5.74) is 3.24. The highest BCUT2D eigenvalue weighted by Crippen LogP contribution is 2.27. The van der Waals surface area contributed by atoms with Crippen LogP contribution in [0.1, 0.15) is 48.7 Å². The van der Waals surface area contributed by atoms with E-state index in [1.54, 1.807) is 0 Å². The normalized spacial score (nSPS) is 24.2. The van der Waals surface area contributed by atoms with Crippen LogP contribution in [0.15, 0.2) is 30.3 Å². The fourth-order valence-electron chi connectivity index (χ4n) is 4.75. The predicted molar refractivity (Wildman–Crippen MR) is 118 cm³/mol. The predicted octanol–water partition coefficient (Wildman–Crippen LogP) is 1.99. The van der Waals surface area contributed by atoms with Crippen LogP contribution < -0.4 is 10.6 Å². The van der Waals surface area contributed by atoms with E-state index in [9.17, 15) is 4.79 Å². The van der Waals surface area contributed by atoms with E-state index < -0.39 is 0 Å². The average Bonchev–Trinajstić information content (AvgIpc) is 3.49. The number of carbonyl (C=O) groups excluding carboxylic acids is 1. The molecule has 1 aromatic heterocycles. The van der Waals surface area contributed by atoms with Crippen molar-refractivity contribution in [1.29, 1.82) is 0 Å². The van der Waals surface area contributed by atoms with Crippen molar-refractivity contribution in [3.05, 3.63) is 47.3 Å². The van der Waals surface area contributed by atoms with Crippen LogP contribution in [0.3, 0.4) is 0 Å². The number of amides is 2. The highest BCUT2D eigenvalue weighted by atomic mass is 16.5. The summed E-state index contributed by atoms with van der Waals surface area (Å²) in [4.78, 5) is 14.6. The number of rotatable bonds is 6.